The van der Waals surface area contributed by atoms with Gasteiger partial charge in [-0.05, 0) is 31.5 Å². The average molecular weight is 341 g/mol. The van der Waals surface area contributed by atoms with Crippen LogP contribution in [0.2, 0.25) is 0 Å². The third kappa shape index (κ3) is 3.33. The van der Waals surface area contributed by atoms with Crippen molar-refractivity contribution in [3.05, 3.63) is 43.8 Å². The normalized spacial score (nSPS) is 10.5. The number of thiazole rings is 1. The molecule has 2 aromatic rings. The van der Waals surface area contributed by atoms with Crippen molar-refractivity contribution in [1.82, 2.24) is 4.98 Å². The quantitative estimate of drug-likeness (QED) is 0.686. The molecule has 1 heterocycles. The number of rotatable bonds is 3. The highest BCUT2D eigenvalue weighted by atomic mass is 79.9. The second kappa shape index (κ2) is 5.71. The van der Waals surface area contributed by atoms with Gasteiger partial charge in [0.15, 0.2) is 0 Å². The predicted octanol–water partition coefficient (Wildman–Crippen LogP) is 3.46. The van der Waals surface area contributed by atoms with Gasteiger partial charge in [-0.2, -0.15) is 0 Å². The van der Waals surface area contributed by atoms with E-state index in [9.17, 15) is 4.79 Å². The molecule has 2 rings (SSSR count). The molecule has 4 nitrogen and oxygen atoms in total. The molecule has 0 bridgehead atoms. The van der Waals surface area contributed by atoms with Crippen LogP contribution in [0.1, 0.15) is 26.6 Å². The molecular formula is C13H13BrN2O2S. The minimum absolute atomic E-state index is 0.176. The molecule has 0 atom stereocenters. The first-order valence-electron chi connectivity index (χ1n) is 5.61. The Hall–Kier alpha value is -1.40. The Morgan fingerprint density at radius 3 is 2.84 bits per heavy atom. The maximum atomic E-state index is 12.0. The third-order valence-corrected chi connectivity index (χ3v) is 3.93. The summed E-state index contributed by atoms with van der Waals surface area (Å²) in [6.45, 7) is 3.88. The molecule has 6 heteroatoms. The standard InChI is InChI=1S/C13H13BrN2O2S/c1-7-11(3-9(14)4-12(7)15)13(17)18-5-10-6-19-8(2)16-10/h3-4,6H,5,15H2,1-2H3. The average Bonchev–Trinajstić information content (AvgIpc) is 2.76. The Bertz CT molecular complexity index is 625. The van der Waals surface area contributed by atoms with Crippen LogP contribution in [0.5, 0.6) is 0 Å². The fourth-order valence-electron chi connectivity index (χ4n) is 1.60. The van der Waals surface area contributed by atoms with Gasteiger partial charge in [-0.1, -0.05) is 15.9 Å². The van der Waals surface area contributed by atoms with Crippen molar-refractivity contribution in [2.45, 2.75) is 20.5 Å². The number of nitrogens with zero attached hydrogens (tertiary/aromatic N) is 1. The van der Waals surface area contributed by atoms with Gasteiger partial charge in [0.2, 0.25) is 0 Å². The van der Waals surface area contributed by atoms with Gasteiger partial charge in [0, 0.05) is 15.5 Å². The molecule has 0 aliphatic rings. The first-order valence-corrected chi connectivity index (χ1v) is 7.28. The summed E-state index contributed by atoms with van der Waals surface area (Å²) in [4.78, 5) is 16.3. The molecule has 0 unspecified atom stereocenters. The molecule has 0 amide bonds. The van der Waals surface area contributed by atoms with E-state index >= 15 is 0 Å². The molecule has 0 radical (unpaired) electrons. The van der Waals surface area contributed by atoms with Crippen LogP contribution in [0.15, 0.2) is 22.0 Å². The third-order valence-electron chi connectivity index (χ3n) is 2.65. The maximum Gasteiger partial charge on any atom is 0.338 e. The number of esters is 1. The number of halogens is 1. The molecule has 1 aromatic carbocycles. The summed E-state index contributed by atoms with van der Waals surface area (Å²) in [7, 11) is 0. The van der Waals surface area contributed by atoms with Crippen LogP contribution in [-0.2, 0) is 11.3 Å². The summed E-state index contributed by atoms with van der Waals surface area (Å²) < 4.78 is 6.00. The number of ether oxygens (including phenoxy) is 1. The van der Waals surface area contributed by atoms with Gasteiger partial charge < -0.3 is 10.5 Å². The number of anilines is 1. The lowest BCUT2D eigenvalue weighted by molar-refractivity contribution is 0.0467. The van der Waals surface area contributed by atoms with Gasteiger partial charge in [-0.25, -0.2) is 9.78 Å². The van der Waals surface area contributed by atoms with E-state index in [2.05, 4.69) is 20.9 Å². The maximum absolute atomic E-state index is 12.0. The monoisotopic (exact) mass is 340 g/mol. The summed E-state index contributed by atoms with van der Waals surface area (Å²) in [6, 6.07) is 3.47. The van der Waals surface area contributed by atoms with Crippen molar-refractivity contribution in [2.75, 3.05) is 5.73 Å². The van der Waals surface area contributed by atoms with E-state index in [-0.39, 0.29) is 6.61 Å². The number of carbonyl (C=O) groups excluding carboxylic acids is 1. The molecule has 0 spiro atoms. The van der Waals surface area contributed by atoms with Gasteiger partial charge in [-0.15, -0.1) is 11.3 Å². The van der Waals surface area contributed by atoms with Gasteiger partial charge in [0.25, 0.3) is 0 Å². The zero-order valence-corrected chi connectivity index (χ0v) is 13.0. The van der Waals surface area contributed by atoms with Crippen LogP contribution in [0.25, 0.3) is 0 Å². The lowest BCUT2D eigenvalue weighted by Crippen LogP contribution is -2.09. The number of nitrogen functional groups attached to an aromatic ring is 1. The Labute approximate surface area is 123 Å². The molecule has 100 valence electrons. The van der Waals surface area contributed by atoms with Crippen molar-refractivity contribution in [3.8, 4) is 0 Å². The summed E-state index contributed by atoms with van der Waals surface area (Å²) >= 11 is 4.85. The minimum atomic E-state index is -0.392. The minimum Gasteiger partial charge on any atom is -0.456 e. The van der Waals surface area contributed by atoms with Crippen LogP contribution in [-0.4, -0.2) is 11.0 Å². The van der Waals surface area contributed by atoms with Gasteiger partial charge in [0.1, 0.15) is 6.61 Å². The fourth-order valence-corrected chi connectivity index (χ4v) is 2.68. The van der Waals surface area contributed by atoms with Crippen molar-refractivity contribution >= 4 is 38.9 Å². The number of carbonyl (C=O) groups is 1. The zero-order valence-electron chi connectivity index (χ0n) is 10.6. The Kier molecular flexibility index (Phi) is 4.21. The second-order valence-electron chi connectivity index (χ2n) is 4.10. The van der Waals surface area contributed by atoms with Crippen LogP contribution in [0.4, 0.5) is 5.69 Å². The summed E-state index contributed by atoms with van der Waals surface area (Å²) in [5.74, 6) is -0.392. The molecule has 19 heavy (non-hydrogen) atoms. The van der Waals surface area contributed by atoms with E-state index in [4.69, 9.17) is 10.5 Å². The van der Waals surface area contributed by atoms with Gasteiger partial charge in [0.05, 0.1) is 16.3 Å². The fraction of sp³-hybridized carbons (Fsp3) is 0.231. The highest BCUT2D eigenvalue weighted by Gasteiger charge is 2.14. The first kappa shape index (κ1) is 14.0. The molecule has 0 saturated heterocycles. The summed E-state index contributed by atoms with van der Waals surface area (Å²) in [6.07, 6.45) is 0. The van der Waals surface area contributed by atoms with Crippen molar-refractivity contribution in [2.24, 2.45) is 0 Å². The number of hydrogen-bond donors (Lipinski definition) is 1. The van der Waals surface area contributed by atoms with Gasteiger partial charge in [-0.3, -0.25) is 0 Å². The van der Waals surface area contributed by atoms with Crippen LogP contribution < -0.4 is 5.73 Å². The Morgan fingerprint density at radius 2 is 2.21 bits per heavy atom. The zero-order chi connectivity index (χ0) is 14.0. The van der Waals surface area contributed by atoms with Crippen molar-refractivity contribution in [3.63, 3.8) is 0 Å². The summed E-state index contributed by atoms with van der Waals surface area (Å²) in [5, 5.41) is 2.83. The van der Waals surface area contributed by atoms with E-state index in [0.29, 0.717) is 11.3 Å². The number of hydrogen-bond acceptors (Lipinski definition) is 5. The summed E-state index contributed by atoms with van der Waals surface area (Å²) in [5.41, 5.74) is 8.34. The smallest absolute Gasteiger partial charge is 0.338 e. The first-order chi connectivity index (χ1) is 8.97. The number of aromatic nitrogens is 1. The molecule has 1 aromatic heterocycles. The Balaban J connectivity index is 2.12. The molecule has 0 fully saturated rings. The largest absolute Gasteiger partial charge is 0.456 e. The number of aryl methyl sites for hydroxylation is 1. The van der Waals surface area contributed by atoms with Crippen molar-refractivity contribution < 1.29 is 9.53 Å². The molecule has 0 aliphatic carbocycles. The van der Waals surface area contributed by atoms with Crippen molar-refractivity contribution in [1.29, 1.82) is 0 Å². The van der Waals surface area contributed by atoms with E-state index in [0.717, 1.165) is 20.7 Å². The molecule has 0 saturated carbocycles. The van der Waals surface area contributed by atoms with Crippen LogP contribution in [0.3, 0.4) is 0 Å². The van der Waals surface area contributed by atoms with Crippen LogP contribution in [0, 0.1) is 13.8 Å². The van der Waals surface area contributed by atoms with E-state index in [1.54, 1.807) is 19.1 Å². The molecule has 0 aliphatic heterocycles. The highest BCUT2D eigenvalue weighted by Crippen LogP contribution is 2.23. The number of benzene rings is 1. The van der Waals surface area contributed by atoms with E-state index in [1.165, 1.54) is 11.3 Å². The van der Waals surface area contributed by atoms with Gasteiger partial charge >= 0.3 is 5.97 Å². The lowest BCUT2D eigenvalue weighted by Gasteiger charge is -2.09. The molecular weight excluding hydrogens is 328 g/mol. The Morgan fingerprint density at radius 1 is 1.47 bits per heavy atom. The van der Waals surface area contributed by atoms with Crippen LogP contribution >= 0.6 is 27.3 Å². The number of nitrogens with two attached hydrogens (primary N) is 1. The predicted molar refractivity (Wildman–Crippen MR) is 79.3 cm³/mol. The SMILES string of the molecule is Cc1nc(COC(=O)c2cc(Br)cc(N)c2C)cs1. The van der Waals surface area contributed by atoms with E-state index in [1.807, 2.05) is 12.3 Å². The second-order valence-corrected chi connectivity index (χ2v) is 6.08. The van der Waals surface area contributed by atoms with E-state index < -0.39 is 5.97 Å². The topological polar surface area (TPSA) is 65.2 Å². The highest BCUT2D eigenvalue weighted by molar-refractivity contribution is 9.10. The molecule has 2 N–H and O–H groups in total. The lowest BCUT2D eigenvalue weighted by atomic mass is 10.1.